The lowest BCUT2D eigenvalue weighted by molar-refractivity contribution is -0.0191. The van der Waals surface area contributed by atoms with Crippen molar-refractivity contribution in [3.63, 3.8) is 0 Å². The number of nitrogens with two attached hydrogens (primary N) is 1. The zero-order valence-corrected chi connectivity index (χ0v) is 11.1. The lowest BCUT2D eigenvalue weighted by Crippen LogP contribution is -2.41. The predicted molar refractivity (Wildman–Crippen MR) is 72.0 cm³/mol. The Morgan fingerprint density at radius 1 is 1.37 bits per heavy atom. The van der Waals surface area contributed by atoms with E-state index in [1.165, 1.54) is 12.1 Å². The second-order valence-corrected chi connectivity index (χ2v) is 5.52. The third kappa shape index (κ3) is 4.27. The Morgan fingerprint density at radius 3 is 2.74 bits per heavy atom. The molecule has 1 aromatic rings. The highest BCUT2D eigenvalue weighted by Gasteiger charge is 2.31. The van der Waals surface area contributed by atoms with Crippen LogP contribution in [0.5, 0.6) is 0 Å². The molecular formula is C15H22FNO2. The minimum absolute atomic E-state index is 0.230. The summed E-state index contributed by atoms with van der Waals surface area (Å²) in [5.74, 6) is 0.243. The Morgan fingerprint density at radius 2 is 2.11 bits per heavy atom. The smallest absolute Gasteiger partial charge is 0.123 e. The average molecular weight is 267 g/mol. The highest BCUT2D eigenvalue weighted by Crippen LogP contribution is 2.31. The van der Waals surface area contributed by atoms with Gasteiger partial charge >= 0.3 is 0 Å². The van der Waals surface area contributed by atoms with Crippen LogP contribution in [-0.4, -0.2) is 23.9 Å². The zero-order valence-electron chi connectivity index (χ0n) is 11.1. The van der Waals surface area contributed by atoms with Crippen LogP contribution in [0.1, 0.15) is 31.2 Å². The summed E-state index contributed by atoms with van der Waals surface area (Å²) in [6.07, 6.45) is 3.38. The van der Waals surface area contributed by atoms with E-state index in [0.717, 1.165) is 31.2 Å². The first kappa shape index (κ1) is 14.4. The van der Waals surface area contributed by atoms with E-state index >= 15 is 0 Å². The SMILES string of the molecule is NC[C@]1(O)CC[C@H](COCc2cccc(F)c2)CC1. The number of hydrogen-bond donors (Lipinski definition) is 2. The maximum atomic E-state index is 13.0. The summed E-state index contributed by atoms with van der Waals surface area (Å²) in [7, 11) is 0. The molecule has 0 spiro atoms. The monoisotopic (exact) mass is 267 g/mol. The van der Waals surface area contributed by atoms with E-state index in [0.29, 0.717) is 25.7 Å². The first-order valence-corrected chi connectivity index (χ1v) is 6.86. The van der Waals surface area contributed by atoms with Gasteiger partial charge in [-0.05, 0) is 49.3 Å². The molecule has 106 valence electrons. The molecule has 3 nitrogen and oxygen atoms in total. The van der Waals surface area contributed by atoms with Crippen LogP contribution in [0.15, 0.2) is 24.3 Å². The predicted octanol–water partition coefficient (Wildman–Crippen LogP) is 2.22. The van der Waals surface area contributed by atoms with Crippen molar-refractivity contribution in [2.75, 3.05) is 13.2 Å². The Hall–Kier alpha value is -0.970. The second kappa shape index (κ2) is 6.46. The third-order valence-electron chi connectivity index (χ3n) is 3.93. The number of hydrogen-bond acceptors (Lipinski definition) is 3. The first-order valence-electron chi connectivity index (χ1n) is 6.86. The molecule has 0 aromatic heterocycles. The fourth-order valence-corrected chi connectivity index (χ4v) is 2.56. The minimum atomic E-state index is -0.668. The van der Waals surface area contributed by atoms with Crippen LogP contribution in [0.4, 0.5) is 4.39 Å². The molecule has 1 aliphatic rings. The van der Waals surface area contributed by atoms with Crippen molar-refractivity contribution in [2.45, 2.75) is 37.9 Å². The molecule has 0 heterocycles. The van der Waals surface area contributed by atoms with Crippen LogP contribution in [-0.2, 0) is 11.3 Å². The Bertz CT molecular complexity index is 403. The highest BCUT2D eigenvalue weighted by atomic mass is 19.1. The minimum Gasteiger partial charge on any atom is -0.389 e. The number of halogens is 1. The van der Waals surface area contributed by atoms with E-state index in [2.05, 4.69) is 0 Å². The molecule has 1 aromatic carbocycles. The molecule has 1 fully saturated rings. The average Bonchev–Trinajstić information content (AvgIpc) is 2.41. The topological polar surface area (TPSA) is 55.5 Å². The molecule has 0 atom stereocenters. The molecule has 3 N–H and O–H groups in total. The van der Waals surface area contributed by atoms with E-state index in [4.69, 9.17) is 10.5 Å². The first-order chi connectivity index (χ1) is 9.11. The summed E-state index contributed by atoms with van der Waals surface area (Å²) < 4.78 is 18.6. The van der Waals surface area contributed by atoms with Crippen LogP contribution >= 0.6 is 0 Å². The third-order valence-corrected chi connectivity index (χ3v) is 3.93. The molecule has 0 bridgehead atoms. The van der Waals surface area contributed by atoms with Crippen molar-refractivity contribution < 1.29 is 14.2 Å². The number of ether oxygens (including phenoxy) is 1. The van der Waals surface area contributed by atoms with Gasteiger partial charge in [-0.1, -0.05) is 12.1 Å². The van der Waals surface area contributed by atoms with E-state index in [9.17, 15) is 9.50 Å². The summed E-state index contributed by atoms with van der Waals surface area (Å²) in [6.45, 7) is 1.44. The summed E-state index contributed by atoms with van der Waals surface area (Å²) >= 11 is 0. The van der Waals surface area contributed by atoms with Gasteiger partial charge in [0.2, 0.25) is 0 Å². The molecule has 4 heteroatoms. The Kier molecular flexibility index (Phi) is 4.91. The van der Waals surface area contributed by atoms with Crippen LogP contribution in [0, 0.1) is 11.7 Å². The van der Waals surface area contributed by atoms with Gasteiger partial charge in [-0.15, -0.1) is 0 Å². The number of benzene rings is 1. The molecule has 1 saturated carbocycles. The van der Waals surface area contributed by atoms with Gasteiger partial charge in [0.1, 0.15) is 5.82 Å². The van der Waals surface area contributed by atoms with Gasteiger partial charge < -0.3 is 15.6 Å². The van der Waals surface area contributed by atoms with Crippen LogP contribution in [0.3, 0.4) is 0 Å². The van der Waals surface area contributed by atoms with Gasteiger partial charge in [0, 0.05) is 13.2 Å². The van der Waals surface area contributed by atoms with Crippen molar-refractivity contribution >= 4 is 0 Å². The molecule has 0 amide bonds. The normalized spacial score (nSPS) is 27.4. The lowest BCUT2D eigenvalue weighted by atomic mass is 9.79. The molecule has 0 aliphatic heterocycles. The summed E-state index contributed by atoms with van der Waals surface area (Å²) in [4.78, 5) is 0. The van der Waals surface area contributed by atoms with E-state index in [-0.39, 0.29) is 5.82 Å². The highest BCUT2D eigenvalue weighted by molar-refractivity contribution is 5.15. The van der Waals surface area contributed by atoms with Gasteiger partial charge in [-0.3, -0.25) is 0 Å². The quantitative estimate of drug-likeness (QED) is 0.860. The Balaban J connectivity index is 1.70. The molecule has 0 saturated heterocycles. The second-order valence-electron chi connectivity index (χ2n) is 5.52. The maximum absolute atomic E-state index is 13.0. The molecular weight excluding hydrogens is 245 g/mol. The Labute approximate surface area is 113 Å². The van der Waals surface area contributed by atoms with E-state index in [1.54, 1.807) is 6.07 Å². The molecule has 0 unspecified atom stereocenters. The fourth-order valence-electron chi connectivity index (χ4n) is 2.56. The van der Waals surface area contributed by atoms with Crippen LogP contribution in [0.2, 0.25) is 0 Å². The van der Waals surface area contributed by atoms with Gasteiger partial charge in [0.05, 0.1) is 12.2 Å². The van der Waals surface area contributed by atoms with Crippen molar-refractivity contribution in [3.05, 3.63) is 35.6 Å². The number of aliphatic hydroxyl groups is 1. The number of rotatable bonds is 5. The van der Waals surface area contributed by atoms with E-state index in [1.807, 2.05) is 6.07 Å². The van der Waals surface area contributed by atoms with Crippen LogP contribution in [0.25, 0.3) is 0 Å². The van der Waals surface area contributed by atoms with Crippen molar-refractivity contribution in [1.29, 1.82) is 0 Å². The van der Waals surface area contributed by atoms with Crippen molar-refractivity contribution in [2.24, 2.45) is 11.7 Å². The maximum Gasteiger partial charge on any atom is 0.123 e. The standard InChI is InChI=1S/C15H22FNO2/c16-14-3-1-2-13(8-14)10-19-9-12-4-6-15(18,11-17)7-5-12/h1-3,8,12,18H,4-7,9-11,17H2/t12-,15-. The van der Waals surface area contributed by atoms with Gasteiger partial charge in [0.15, 0.2) is 0 Å². The largest absolute Gasteiger partial charge is 0.389 e. The summed E-state index contributed by atoms with van der Waals surface area (Å²) in [5.41, 5.74) is 5.74. The van der Waals surface area contributed by atoms with Crippen LogP contribution < -0.4 is 5.73 Å². The van der Waals surface area contributed by atoms with Crippen molar-refractivity contribution in [3.8, 4) is 0 Å². The van der Waals surface area contributed by atoms with Crippen molar-refractivity contribution in [1.82, 2.24) is 0 Å². The molecule has 0 radical (unpaired) electrons. The zero-order chi connectivity index (χ0) is 13.7. The van der Waals surface area contributed by atoms with Gasteiger partial charge in [0.25, 0.3) is 0 Å². The molecule has 1 aliphatic carbocycles. The summed E-state index contributed by atoms with van der Waals surface area (Å²) in [5, 5.41) is 10.0. The lowest BCUT2D eigenvalue weighted by Gasteiger charge is -2.34. The fraction of sp³-hybridized carbons (Fsp3) is 0.600. The molecule has 2 rings (SSSR count). The summed E-state index contributed by atoms with van der Waals surface area (Å²) in [6, 6.07) is 6.47. The molecule has 19 heavy (non-hydrogen) atoms. The van der Waals surface area contributed by atoms with Gasteiger partial charge in [-0.25, -0.2) is 4.39 Å². The van der Waals surface area contributed by atoms with E-state index < -0.39 is 5.60 Å². The van der Waals surface area contributed by atoms with Gasteiger partial charge in [-0.2, -0.15) is 0 Å².